The van der Waals surface area contributed by atoms with Gasteiger partial charge in [0, 0.05) is 24.3 Å². The Hall–Kier alpha value is -3.13. The number of carbonyl (C=O) groups excluding carboxylic acids is 2. The highest BCUT2D eigenvalue weighted by Crippen LogP contribution is 2.28. The maximum Gasteiger partial charge on any atom is 0.316 e. The van der Waals surface area contributed by atoms with E-state index >= 15 is 0 Å². The van der Waals surface area contributed by atoms with E-state index in [0.29, 0.717) is 11.0 Å². The molecule has 7 nitrogen and oxygen atoms in total. The molecule has 0 N–H and O–H groups in total. The lowest BCUT2D eigenvalue weighted by Gasteiger charge is -2.31. The van der Waals surface area contributed by atoms with Gasteiger partial charge in [-0.25, -0.2) is 0 Å². The predicted octanol–water partition coefficient (Wildman–Crippen LogP) is 4.36. The second kappa shape index (κ2) is 11.1. The fraction of sp³-hybridized carbons (Fsp3) is 0.360. The van der Waals surface area contributed by atoms with Crippen LogP contribution in [0.1, 0.15) is 32.1 Å². The lowest BCUT2D eigenvalue weighted by Crippen LogP contribution is -2.40. The third-order valence-electron chi connectivity index (χ3n) is 5.87. The van der Waals surface area contributed by atoms with Gasteiger partial charge < -0.3 is 9.64 Å². The summed E-state index contributed by atoms with van der Waals surface area (Å²) in [5, 5.41) is 9.27. The van der Waals surface area contributed by atoms with Crippen molar-refractivity contribution in [1.82, 2.24) is 19.7 Å². The summed E-state index contributed by atoms with van der Waals surface area (Å²) in [4.78, 5) is 26.5. The molecule has 4 rings (SSSR count). The molecular weight excluding hydrogens is 436 g/mol. The van der Waals surface area contributed by atoms with Gasteiger partial charge in [0.15, 0.2) is 17.6 Å². The number of benzene rings is 2. The van der Waals surface area contributed by atoms with Crippen molar-refractivity contribution in [1.29, 1.82) is 0 Å². The summed E-state index contributed by atoms with van der Waals surface area (Å²) in [6.45, 7) is -0.229. The van der Waals surface area contributed by atoms with Gasteiger partial charge >= 0.3 is 5.97 Å². The number of amides is 1. The van der Waals surface area contributed by atoms with Crippen LogP contribution in [-0.4, -0.2) is 57.0 Å². The van der Waals surface area contributed by atoms with Gasteiger partial charge in [-0.15, -0.1) is 10.2 Å². The normalized spacial score (nSPS) is 14.1. The van der Waals surface area contributed by atoms with E-state index in [1.54, 1.807) is 11.9 Å². The zero-order chi connectivity index (χ0) is 23.0. The molecule has 1 heterocycles. The molecule has 1 saturated carbocycles. The van der Waals surface area contributed by atoms with E-state index in [2.05, 4.69) is 10.2 Å². The fourth-order valence-corrected chi connectivity index (χ4v) is 4.78. The predicted molar refractivity (Wildman–Crippen MR) is 128 cm³/mol. The molecule has 8 heteroatoms. The van der Waals surface area contributed by atoms with Crippen LogP contribution in [0.3, 0.4) is 0 Å². The summed E-state index contributed by atoms with van der Waals surface area (Å²) in [6.07, 6.45) is 5.55. The van der Waals surface area contributed by atoms with Crippen LogP contribution in [-0.2, 0) is 14.3 Å². The zero-order valence-electron chi connectivity index (χ0n) is 18.7. The SMILES string of the molecule is CN(C(=O)COC(=O)CSc1nnc(-c2ccccc2)n1-c1ccccc1)C1CCCCC1. The Balaban J connectivity index is 1.39. The summed E-state index contributed by atoms with van der Waals surface area (Å²) < 4.78 is 7.19. The van der Waals surface area contributed by atoms with Crippen molar-refractivity contribution < 1.29 is 14.3 Å². The first-order valence-electron chi connectivity index (χ1n) is 11.2. The van der Waals surface area contributed by atoms with Crippen LogP contribution >= 0.6 is 11.8 Å². The number of rotatable bonds is 8. The third-order valence-corrected chi connectivity index (χ3v) is 6.77. The van der Waals surface area contributed by atoms with Crippen molar-refractivity contribution in [3.05, 3.63) is 60.7 Å². The van der Waals surface area contributed by atoms with Gasteiger partial charge in [-0.1, -0.05) is 79.6 Å². The minimum atomic E-state index is -0.450. The number of hydrogen-bond donors (Lipinski definition) is 0. The zero-order valence-corrected chi connectivity index (χ0v) is 19.5. The minimum Gasteiger partial charge on any atom is -0.455 e. The Labute approximate surface area is 198 Å². The Morgan fingerprint density at radius 3 is 2.36 bits per heavy atom. The largest absolute Gasteiger partial charge is 0.455 e. The number of esters is 1. The molecule has 3 aromatic rings. The molecule has 33 heavy (non-hydrogen) atoms. The summed E-state index contributed by atoms with van der Waals surface area (Å²) in [5.74, 6) is 0.135. The van der Waals surface area contributed by atoms with Gasteiger partial charge in [-0.05, 0) is 25.0 Å². The van der Waals surface area contributed by atoms with Crippen LogP contribution < -0.4 is 0 Å². The number of thioether (sulfide) groups is 1. The molecule has 1 aliphatic carbocycles. The van der Waals surface area contributed by atoms with Crippen LogP contribution in [0.5, 0.6) is 0 Å². The van der Waals surface area contributed by atoms with Crippen molar-refractivity contribution in [3.63, 3.8) is 0 Å². The summed E-state index contributed by atoms with van der Waals surface area (Å²) in [6, 6.07) is 19.8. The maximum absolute atomic E-state index is 12.4. The van der Waals surface area contributed by atoms with Gasteiger partial charge in [0.05, 0.1) is 5.75 Å². The first-order chi connectivity index (χ1) is 16.1. The summed E-state index contributed by atoms with van der Waals surface area (Å²) in [5.41, 5.74) is 1.83. The van der Waals surface area contributed by atoms with Crippen LogP contribution in [0.25, 0.3) is 17.1 Å². The van der Waals surface area contributed by atoms with Crippen molar-refractivity contribution >= 4 is 23.6 Å². The molecule has 1 aliphatic rings. The van der Waals surface area contributed by atoms with E-state index in [1.807, 2.05) is 65.2 Å². The second-order valence-corrected chi connectivity index (χ2v) is 9.03. The van der Waals surface area contributed by atoms with Gasteiger partial charge in [0.2, 0.25) is 0 Å². The number of likely N-dealkylation sites (N-methyl/N-ethyl adjacent to an activating group) is 1. The lowest BCUT2D eigenvalue weighted by atomic mass is 9.94. The first kappa shape index (κ1) is 23.0. The molecule has 0 aliphatic heterocycles. The molecule has 1 amide bonds. The number of para-hydroxylation sites is 1. The van der Waals surface area contributed by atoms with E-state index < -0.39 is 5.97 Å². The lowest BCUT2D eigenvalue weighted by molar-refractivity contribution is -0.150. The average Bonchev–Trinajstić information content (AvgIpc) is 3.31. The number of ether oxygens (including phenoxy) is 1. The summed E-state index contributed by atoms with van der Waals surface area (Å²) in [7, 11) is 1.80. The van der Waals surface area contributed by atoms with Crippen LogP contribution in [0, 0.1) is 0 Å². The topological polar surface area (TPSA) is 77.3 Å². The van der Waals surface area contributed by atoms with Crippen LogP contribution in [0.15, 0.2) is 65.8 Å². The van der Waals surface area contributed by atoms with E-state index in [0.717, 1.165) is 36.9 Å². The molecule has 0 atom stereocenters. The molecule has 0 unspecified atom stereocenters. The van der Waals surface area contributed by atoms with E-state index in [9.17, 15) is 9.59 Å². The number of carbonyl (C=O) groups is 2. The minimum absolute atomic E-state index is 0.0418. The van der Waals surface area contributed by atoms with Crippen molar-refractivity contribution in [2.45, 2.75) is 43.3 Å². The molecular formula is C25H28N4O3S. The Kier molecular flexibility index (Phi) is 7.78. The molecule has 0 bridgehead atoms. The highest BCUT2D eigenvalue weighted by molar-refractivity contribution is 7.99. The molecule has 0 radical (unpaired) electrons. The van der Waals surface area contributed by atoms with Gasteiger partial charge in [0.25, 0.3) is 5.91 Å². The third kappa shape index (κ3) is 5.82. The number of hydrogen-bond acceptors (Lipinski definition) is 6. The van der Waals surface area contributed by atoms with E-state index in [4.69, 9.17) is 4.74 Å². The maximum atomic E-state index is 12.4. The van der Waals surface area contributed by atoms with Crippen LogP contribution in [0.2, 0.25) is 0 Å². The van der Waals surface area contributed by atoms with Crippen molar-refractivity contribution in [2.75, 3.05) is 19.4 Å². The second-order valence-electron chi connectivity index (χ2n) is 8.09. The molecule has 172 valence electrons. The quantitative estimate of drug-likeness (QED) is 0.364. The monoisotopic (exact) mass is 464 g/mol. The number of nitrogens with zero attached hydrogens (tertiary/aromatic N) is 4. The van der Waals surface area contributed by atoms with Gasteiger partial charge in [-0.2, -0.15) is 0 Å². The highest BCUT2D eigenvalue weighted by atomic mass is 32.2. The number of aromatic nitrogens is 3. The highest BCUT2D eigenvalue weighted by Gasteiger charge is 2.23. The van der Waals surface area contributed by atoms with Gasteiger partial charge in [-0.3, -0.25) is 14.2 Å². The smallest absolute Gasteiger partial charge is 0.316 e. The summed E-state index contributed by atoms with van der Waals surface area (Å²) >= 11 is 1.24. The molecule has 1 fully saturated rings. The molecule has 2 aromatic carbocycles. The van der Waals surface area contributed by atoms with Crippen molar-refractivity contribution in [3.8, 4) is 17.1 Å². The molecule has 0 spiro atoms. The van der Waals surface area contributed by atoms with Gasteiger partial charge in [0.1, 0.15) is 0 Å². The standard InChI is InChI=1S/C25H28N4O3S/c1-28(20-13-7-3-8-14-20)22(30)17-32-23(31)18-33-25-27-26-24(19-11-5-2-6-12-19)29(25)21-15-9-4-10-16-21/h2,4-6,9-12,15-16,20H,3,7-8,13-14,17-18H2,1H3. The Morgan fingerprint density at radius 2 is 1.67 bits per heavy atom. The average molecular weight is 465 g/mol. The first-order valence-corrected chi connectivity index (χ1v) is 12.2. The fourth-order valence-electron chi connectivity index (χ4n) is 4.03. The van der Waals surface area contributed by atoms with Crippen molar-refractivity contribution in [2.24, 2.45) is 0 Å². The Morgan fingerprint density at radius 1 is 1.00 bits per heavy atom. The van der Waals surface area contributed by atoms with E-state index in [-0.39, 0.29) is 24.3 Å². The molecule has 1 aromatic heterocycles. The van der Waals surface area contributed by atoms with E-state index in [1.165, 1.54) is 18.2 Å². The van der Waals surface area contributed by atoms with Crippen LogP contribution in [0.4, 0.5) is 0 Å². The Bertz CT molecular complexity index is 1070. The molecule has 0 saturated heterocycles.